The first-order valence-electron chi connectivity index (χ1n) is 6.74. The molecule has 1 aliphatic rings. The Morgan fingerprint density at radius 1 is 1.42 bits per heavy atom. The van der Waals surface area contributed by atoms with Crippen LogP contribution in [-0.4, -0.2) is 24.5 Å². The first kappa shape index (κ1) is 14.8. The third-order valence-electron chi connectivity index (χ3n) is 3.36. The van der Waals surface area contributed by atoms with Crippen molar-refractivity contribution in [3.63, 3.8) is 0 Å². The fourth-order valence-electron chi connectivity index (χ4n) is 2.20. The SMILES string of the molecule is NNC(CCC1CCCO1)CSc1ccc(F)cc1. The molecule has 1 aliphatic heterocycles. The molecule has 1 aromatic rings. The van der Waals surface area contributed by atoms with Gasteiger partial charge in [-0.05, 0) is 49.9 Å². The number of benzene rings is 1. The van der Waals surface area contributed by atoms with E-state index >= 15 is 0 Å². The summed E-state index contributed by atoms with van der Waals surface area (Å²) in [4.78, 5) is 1.07. The molecule has 106 valence electrons. The molecule has 0 aromatic heterocycles. The lowest BCUT2D eigenvalue weighted by Gasteiger charge is -2.17. The number of hydrazine groups is 1. The molecule has 1 heterocycles. The molecule has 0 amide bonds. The quantitative estimate of drug-likeness (QED) is 0.459. The fourth-order valence-corrected chi connectivity index (χ4v) is 3.19. The molecule has 0 bridgehead atoms. The normalized spacial score (nSPS) is 20.6. The van der Waals surface area contributed by atoms with Gasteiger partial charge in [-0.25, -0.2) is 4.39 Å². The van der Waals surface area contributed by atoms with Gasteiger partial charge in [0.25, 0.3) is 0 Å². The summed E-state index contributed by atoms with van der Waals surface area (Å²) in [6, 6.07) is 6.83. The first-order chi connectivity index (χ1) is 9.28. The average Bonchev–Trinajstić information content (AvgIpc) is 2.94. The summed E-state index contributed by atoms with van der Waals surface area (Å²) in [5, 5.41) is 0. The Kier molecular flexibility index (Phi) is 6.10. The maximum atomic E-state index is 12.8. The van der Waals surface area contributed by atoms with Crippen LogP contribution in [0, 0.1) is 5.82 Å². The van der Waals surface area contributed by atoms with Crippen LogP contribution in [0.25, 0.3) is 0 Å². The van der Waals surface area contributed by atoms with E-state index in [1.54, 1.807) is 23.9 Å². The molecule has 1 aromatic carbocycles. The molecule has 19 heavy (non-hydrogen) atoms. The van der Waals surface area contributed by atoms with Crippen LogP contribution >= 0.6 is 11.8 Å². The van der Waals surface area contributed by atoms with E-state index in [1.165, 1.54) is 25.0 Å². The highest BCUT2D eigenvalue weighted by molar-refractivity contribution is 7.99. The van der Waals surface area contributed by atoms with Gasteiger partial charge in [0.05, 0.1) is 6.10 Å². The standard InChI is InChI=1S/C14H21FN2OS/c15-11-3-7-14(8-4-11)19-10-12(17-16)5-6-13-2-1-9-18-13/h3-4,7-8,12-13,17H,1-2,5-6,9-10,16H2. The molecule has 0 aliphatic carbocycles. The minimum Gasteiger partial charge on any atom is -0.378 e. The van der Waals surface area contributed by atoms with Crippen molar-refractivity contribution in [2.75, 3.05) is 12.4 Å². The molecule has 1 fully saturated rings. The summed E-state index contributed by atoms with van der Waals surface area (Å²) in [6.07, 6.45) is 4.82. The van der Waals surface area contributed by atoms with Crippen LogP contribution < -0.4 is 11.3 Å². The van der Waals surface area contributed by atoms with Crippen LogP contribution in [0.5, 0.6) is 0 Å². The third-order valence-corrected chi connectivity index (χ3v) is 4.54. The molecule has 0 spiro atoms. The number of nitrogens with two attached hydrogens (primary N) is 1. The van der Waals surface area contributed by atoms with Crippen molar-refractivity contribution in [1.82, 2.24) is 5.43 Å². The van der Waals surface area contributed by atoms with Crippen LogP contribution in [0.3, 0.4) is 0 Å². The number of hydrogen-bond donors (Lipinski definition) is 2. The highest BCUT2D eigenvalue weighted by Crippen LogP contribution is 2.22. The lowest BCUT2D eigenvalue weighted by Crippen LogP contribution is -2.37. The smallest absolute Gasteiger partial charge is 0.123 e. The maximum absolute atomic E-state index is 12.8. The average molecular weight is 284 g/mol. The van der Waals surface area contributed by atoms with Crippen molar-refractivity contribution in [3.05, 3.63) is 30.1 Å². The second-order valence-electron chi connectivity index (χ2n) is 4.84. The van der Waals surface area contributed by atoms with Gasteiger partial charge in [0.1, 0.15) is 5.82 Å². The van der Waals surface area contributed by atoms with Crippen LogP contribution in [0.4, 0.5) is 4.39 Å². The molecule has 2 unspecified atom stereocenters. The summed E-state index contributed by atoms with van der Waals surface area (Å²) in [7, 11) is 0. The van der Waals surface area contributed by atoms with Crippen molar-refractivity contribution < 1.29 is 9.13 Å². The van der Waals surface area contributed by atoms with Gasteiger partial charge in [-0.3, -0.25) is 11.3 Å². The van der Waals surface area contributed by atoms with Crippen molar-refractivity contribution in [2.45, 2.75) is 42.7 Å². The number of halogens is 1. The Balaban J connectivity index is 1.70. The van der Waals surface area contributed by atoms with E-state index in [2.05, 4.69) is 5.43 Å². The zero-order chi connectivity index (χ0) is 13.5. The van der Waals surface area contributed by atoms with Gasteiger partial charge >= 0.3 is 0 Å². The van der Waals surface area contributed by atoms with Crippen molar-refractivity contribution in [3.8, 4) is 0 Å². The van der Waals surface area contributed by atoms with Crippen LogP contribution in [0.15, 0.2) is 29.2 Å². The van der Waals surface area contributed by atoms with Gasteiger partial charge in [0.2, 0.25) is 0 Å². The Morgan fingerprint density at radius 3 is 2.84 bits per heavy atom. The second-order valence-corrected chi connectivity index (χ2v) is 5.93. The van der Waals surface area contributed by atoms with Crippen LogP contribution in [-0.2, 0) is 4.74 Å². The Morgan fingerprint density at radius 2 is 2.21 bits per heavy atom. The molecule has 2 rings (SSSR count). The summed E-state index contributed by atoms with van der Waals surface area (Å²) >= 11 is 1.69. The molecule has 2 atom stereocenters. The lowest BCUT2D eigenvalue weighted by molar-refractivity contribution is 0.100. The number of nitrogens with one attached hydrogen (secondary N) is 1. The predicted molar refractivity (Wildman–Crippen MR) is 76.4 cm³/mol. The number of thioether (sulfide) groups is 1. The molecule has 0 saturated carbocycles. The second kappa shape index (κ2) is 7.85. The first-order valence-corrected chi connectivity index (χ1v) is 7.72. The van der Waals surface area contributed by atoms with Crippen LogP contribution in [0.2, 0.25) is 0 Å². The monoisotopic (exact) mass is 284 g/mol. The van der Waals surface area contributed by atoms with Crippen molar-refractivity contribution >= 4 is 11.8 Å². The highest BCUT2D eigenvalue weighted by atomic mass is 32.2. The molecule has 0 radical (unpaired) electrons. The van der Waals surface area contributed by atoms with Gasteiger partial charge in [-0.2, -0.15) is 0 Å². The van der Waals surface area contributed by atoms with Crippen molar-refractivity contribution in [1.29, 1.82) is 0 Å². The Hall–Kier alpha value is -0.620. The van der Waals surface area contributed by atoms with Gasteiger partial charge < -0.3 is 4.74 Å². The summed E-state index contributed by atoms with van der Waals surface area (Å²) in [5.74, 6) is 6.27. The van der Waals surface area contributed by atoms with Gasteiger partial charge in [0.15, 0.2) is 0 Å². The highest BCUT2D eigenvalue weighted by Gasteiger charge is 2.17. The van der Waals surface area contributed by atoms with Crippen LogP contribution in [0.1, 0.15) is 25.7 Å². The minimum atomic E-state index is -0.198. The van der Waals surface area contributed by atoms with Gasteiger partial charge in [-0.1, -0.05) is 0 Å². The fraction of sp³-hybridized carbons (Fsp3) is 0.571. The molecular formula is C14H21FN2OS. The van der Waals surface area contributed by atoms with E-state index in [-0.39, 0.29) is 11.9 Å². The molecule has 3 N–H and O–H groups in total. The topological polar surface area (TPSA) is 47.3 Å². The largest absolute Gasteiger partial charge is 0.378 e. The Bertz CT molecular complexity index is 368. The number of rotatable bonds is 7. The summed E-state index contributed by atoms with van der Waals surface area (Å²) < 4.78 is 18.4. The number of hydrogen-bond acceptors (Lipinski definition) is 4. The molecular weight excluding hydrogens is 263 g/mol. The lowest BCUT2D eigenvalue weighted by atomic mass is 10.1. The molecule has 1 saturated heterocycles. The minimum absolute atomic E-state index is 0.198. The molecule has 5 heteroatoms. The molecule has 3 nitrogen and oxygen atoms in total. The number of ether oxygens (including phenoxy) is 1. The third kappa shape index (κ3) is 5.10. The van der Waals surface area contributed by atoms with E-state index in [9.17, 15) is 4.39 Å². The van der Waals surface area contributed by atoms with E-state index < -0.39 is 0 Å². The van der Waals surface area contributed by atoms with E-state index in [4.69, 9.17) is 10.6 Å². The van der Waals surface area contributed by atoms with Crippen molar-refractivity contribution in [2.24, 2.45) is 5.84 Å². The van der Waals surface area contributed by atoms with E-state index in [1.807, 2.05) is 0 Å². The Labute approximate surface area is 118 Å². The maximum Gasteiger partial charge on any atom is 0.123 e. The predicted octanol–water partition coefficient (Wildman–Crippen LogP) is 2.71. The summed E-state index contributed by atoms with van der Waals surface area (Å²) in [5.41, 5.74) is 2.86. The van der Waals surface area contributed by atoms with Gasteiger partial charge in [-0.15, -0.1) is 11.8 Å². The van der Waals surface area contributed by atoms with E-state index in [0.717, 1.165) is 30.1 Å². The summed E-state index contributed by atoms with van der Waals surface area (Å²) in [6.45, 7) is 0.899. The zero-order valence-electron chi connectivity index (χ0n) is 11.0. The van der Waals surface area contributed by atoms with E-state index in [0.29, 0.717) is 6.10 Å². The van der Waals surface area contributed by atoms with Gasteiger partial charge in [0, 0.05) is 23.3 Å². The zero-order valence-corrected chi connectivity index (χ0v) is 11.8.